The van der Waals surface area contributed by atoms with E-state index in [0.717, 1.165) is 38.5 Å². The van der Waals surface area contributed by atoms with Crippen molar-refractivity contribution in [1.82, 2.24) is 0 Å². The summed E-state index contributed by atoms with van der Waals surface area (Å²) in [5.74, 6) is -0.361. The highest BCUT2D eigenvalue weighted by molar-refractivity contribution is 5.77. The summed E-state index contributed by atoms with van der Waals surface area (Å²) in [6.45, 7) is 1.63. The van der Waals surface area contributed by atoms with Crippen molar-refractivity contribution in [1.29, 1.82) is 0 Å². The van der Waals surface area contributed by atoms with Crippen LogP contribution in [-0.4, -0.2) is 50.6 Å². The van der Waals surface area contributed by atoms with E-state index in [-0.39, 0.29) is 25.2 Å². The maximum Gasteiger partial charge on any atom is 0.338 e. The zero-order valence-corrected chi connectivity index (χ0v) is 11.6. The van der Waals surface area contributed by atoms with Crippen LogP contribution in [0.25, 0.3) is 0 Å². The third-order valence-electron chi connectivity index (χ3n) is 3.86. The Bertz CT molecular complexity index is 322. The van der Waals surface area contributed by atoms with Crippen LogP contribution >= 0.6 is 0 Å². The Kier molecular flexibility index (Phi) is 4.88. The highest BCUT2D eigenvalue weighted by atomic mass is 16.7. The summed E-state index contributed by atoms with van der Waals surface area (Å²) in [6.07, 6.45) is 4.28. The highest BCUT2D eigenvalue weighted by Crippen LogP contribution is 2.24. The van der Waals surface area contributed by atoms with Crippen molar-refractivity contribution in [3.8, 4) is 0 Å². The van der Waals surface area contributed by atoms with Gasteiger partial charge in [-0.2, -0.15) is 0 Å². The Labute approximate surface area is 118 Å². The minimum Gasteiger partial charge on any atom is -0.461 e. The highest BCUT2D eigenvalue weighted by Gasteiger charge is 2.42. The average molecular weight is 286 g/mol. The Morgan fingerprint density at radius 2 is 1.55 bits per heavy atom. The van der Waals surface area contributed by atoms with Crippen molar-refractivity contribution in [2.45, 2.75) is 63.3 Å². The lowest BCUT2D eigenvalue weighted by Crippen LogP contribution is -2.40. The summed E-state index contributed by atoms with van der Waals surface area (Å²) >= 11 is 0. The quantitative estimate of drug-likeness (QED) is 0.727. The molecule has 3 aliphatic heterocycles. The molecule has 0 saturated carbocycles. The van der Waals surface area contributed by atoms with Crippen LogP contribution in [0.3, 0.4) is 0 Å². The van der Waals surface area contributed by atoms with Crippen LogP contribution in [0.4, 0.5) is 0 Å². The molecule has 0 amide bonds. The van der Waals surface area contributed by atoms with Crippen molar-refractivity contribution in [2.75, 3.05) is 19.8 Å². The Morgan fingerprint density at radius 1 is 0.900 bits per heavy atom. The van der Waals surface area contributed by atoms with Gasteiger partial charge in [0.25, 0.3) is 0 Å². The van der Waals surface area contributed by atoms with Gasteiger partial charge < -0.3 is 23.7 Å². The lowest BCUT2D eigenvalue weighted by molar-refractivity contribution is -0.236. The smallest absolute Gasteiger partial charge is 0.338 e. The number of carbonyl (C=O) groups excluding carboxylic acids is 1. The molecule has 0 radical (unpaired) electrons. The Morgan fingerprint density at radius 3 is 2.15 bits per heavy atom. The van der Waals surface area contributed by atoms with Crippen molar-refractivity contribution in [2.24, 2.45) is 0 Å². The first-order valence-corrected chi connectivity index (χ1v) is 7.54. The topological polar surface area (TPSA) is 63.2 Å². The van der Waals surface area contributed by atoms with Gasteiger partial charge in [0.15, 0.2) is 18.7 Å². The van der Waals surface area contributed by atoms with Crippen molar-refractivity contribution >= 4 is 5.97 Å². The largest absolute Gasteiger partial charge is 0.461 e. The molecular formula is C14H22O6. The van der Waals surface area contributed by atoms with Gasteiger partial charge in [-0.15, -0.1) is 0 Å². The maximum absolute atomic E-state index is 11.8. The molecule has 4 atom stereocenters. The monoisotopic (exact) mass is 286 g/mol. The summed E-state index contributed by atoms with van der Waals surface area (Å²) in [5, 5.41) is 0. The Hall–Kier alpha value is -0.690. The van der Waals surface area contributed by atoms with Crippen LogP contribution in [0.5, 0.6) is 0 Å². The molecule has 0 bridgehead atoms. The van der Waals surface area contributed by atoms with Crippen LogP contribution in [0.1, 0.15) is 38.5 Å². The van der Waals surface area contributed by atoms with E-state index in [2.05, 4.69) is 0 Å². The maximum atomic E-state index is 11.8. The van der Waals surface area contributed by atoms with Gasteiger partial charge >= 0.3 is 5.97 Å². The van der Waals surface area contributed by atoms with E-state index in [9.17, 15) is 4.79 Å². The van der Waals surface area contributed by atoms with Crippen LogP contribution in [-0.2, 0) is 28.5 Å². The summed E-state index contributed by atoms with van der Waals surface area (Å²) < 4.78 is 27.7. The molecule has 0 aromatic rings. The standard InChI is InChI=1S/C14H22O6/c15-14-13(20-12-6-2-4-8-17-12)10(9-18-14)19-11-5-1-3-7-16-11/h10-13H,1-9H2/t10-,11+,12-,13-/m1/s1. The molecule has 0 N–H and O–H groups in total. The van der Waals surface area contributed by atoms with Gasteiger partial charge in [0.05, 0.1) is 0 Å². The zero-order valence-electron chi connectivity index (χ0n) is 11.6. The van der Waals surface area contributed by atoms with Gasteiger partial charge in [0.2, 0.25) is 0 Å². The fraction of sp³-hybridized carbons (Fsp3) is 0.929. The third kappa shape index (κ3) is 3.49. The first-order chi connectivity index (χ1) is 9.83. The van der Waals surface area contributed by atoms with Gasteiger partial charge in [-0.3, -0.25) is 0 Å². The molecule has 3 rings (SSSR count). The lowest BCUT2D eigenvalue weighted by Gasteiger charge is -2.29. The SMILES string of the molecule is O=C1OC[C@@H](O[C@H]2CCCCO2)[C@H]1O[C@@H]1CCCCO1. The van der Waals surface area contributed by atoms with Crippen molar-refractivity contribution in [3.05, 3.63) is 0 Å². The van der Waals surface area contributed by atoms with Crippen LogP contribution in [0.2, 0.25) is 0 Å². The normalized spacial score (nSPS) is 38.7. The van der Waals surface area contributed by atoms with Crippen LogP contribution in [0, 0.1) is 0 Å². The van der Waals surface area contributed by atoms with E-state index in [0.29, 0.717) is 13.2 Å². The summed E-state index contributed by atoms with van der Waals surface area (Å²) in [7, 11) is 0. The first-order valence-electron chi connectivity index (χ1n) is 7.54. The van der Waals surface area contributed by atoms with E-state index >= 15 is 0 Å². The molecule has 6 heteroatoms. The lowest BCUT2D eigenvalue weighted by atomic mass is 10.2. The number of cyclic esters (lactones) is 1. The number of esters is 1. The fourth-order valence-corrected chi connectivity index (χ4v) is 2.73. The zero-order chi connectivity index (χ0) is 13.8. The van der Waals surface area contributed by atoms with Crippen molar-refractivity contribution < 1.29 is 28.5 Å². The molecule has 20 heavy (non-hydrogen) atoms. The van der Waals surface area contributed by atoms with E-state index in [1.807, 2.05) is 0 Å². The van der Waals surface area contributed by atoms with Gasteiger partial charge in [-0.1, -0.05) is 0 Å². The first kappa shape index (κ1) is 14.3. The van der Waals surface area contributed by atoms with Crippen molar-refractivity contribution in [3.63, 3.8) is 0 Å². The number of hydrogen-bond acceptors (Lipinski definition) is 6. The number of hydrogen-bond donors (Lipinski definition) is 0. The second-order valence-electron chi connectivity index (χ2n) is 5.45. The summed E-state index contributed by atoms with van der Waals surface area (Å²) in [5.41, 5.74) is 0. The predicted molar refractivity (Wildman–Crippen MR) is 67.9 cm³/mol. The average Bonchev–Trinajstić information content (AvgIpc) is 2.83. The molecule has 3 heterocycles. The predicted octanol–water partition coefficient (Wildman–Crippen LogP) is 1.37. The van der Waals surface area contributed by atoms with Gasteiger partial charge in [-0.05, 0) is 38.5 Å². The Balaban J connectivity index is 1.53. The summed E-state index contributed by atoms with van der Waals surface area (Å²) in [4.78, 5) is 11.8. The molecule has 6 nitrogen and oxygen atoms in total. The van der Waals surface area contributed by atoms with E-state index in [1.54, 1.807) is 0 Å². The number of ether oxygens (including phenoxy) is 5. The summed E-state index contributed by atoms with van der Waals surface area (Å²) in [6, 6.07) is 0. The molecular weight excluding hydrogens is 264 g/mol. The van der Waals surface area contributed by atoms with Gasteiger partial charge in [0, 0.05) is 13.2 Å². The fourth-order valence-electron chi connectivity index (χ4n) is 2.73. The molecule has 0 aromatic carbocycles. The molecule has 3 saturated heterocycles. The number of carbonyl (C=O) groups is 1. The second-order valence-corrected chi connectivity index (χ2v) is 5.45. The molecule has 0 aliphatic carbocycles. The second kappa shape index (κ2) is 6.85. The minimum absolute atomic E-state index is 0.232. The van der Waals surface area contributed by atoms with Crippen LogP contribution < -0.4 is 0 Å². The molecule has 0 spiro atoms. The molecule has 0 aromatic heterocycles. The van der Waals surface area contributed by atoms with Gasteiger partial charge in [-0.25, -0.2) is 4.79 Å². The minimum atomic E-state index is -0.691. The number of rotatable bonds is 4. The van der Waals surface area contributed by atoms with E-state index in [4.69, 9.17) is 23.7 Å². The van der Waals surface area contributed by atoms with Gasteiger partial charge in [0.1, 0.15) is 12.7 Å². The van der Waals surface area contributed by atoms with E-state index < -0.39 is 12.2 Å². The molecule has 0 unspecified atom stereocenters. The molecule has 3 aliphatic rings. The van der Waals surface area contributed by atoms with E-state index in [1.165, 1.54) is 0 Å². The third-order valence-corrected chi connectivity index (χ3v) is 3.86. The molecule has 114 valence electrons. The van der Waals surface area contributed by atoms with Crippen LogP contribution in [0.15, 0.2) is 0 Å². The molecule has 3 fully saturated rings.